The Kier molecular flexibility index (Phi) is 7.10. The minimum atomic E-state index is -1.16. The molecule has 3 aromatic carbocycles. The maximum absolute atomic E-state index is 12.6. The average molecular weight is 435 g/mol. The molecule has 0 bridgehead atoms. The SMILES string of the molecule is Cc1ccc(NC(=O)C(C)Sc2cccc(NC(=O)c3ccccc3C(=O)O)c2)cc1. The maximum Gasteiger partial charge on any atom is 0.336 e. The fourth-order valence-corrected chi connectivity index (χ4v) is 3.78. The molecule has 2 amide bonds. The summed E-state index contributed by atoms with van der Waals surface area (Å²) in [6.07, 6.45) is 0. The van der Waals surface area contributed by atoms with Gasteiger partial charge in [-0.25, -0.2) is 4.79 Å². The lowest BCUT2D eigenvalue weighted by Crippen LogP contribution is -2.22. The summed E-state index contributed by atoms with van der Waals surface area (Å²) in [5, 5.41) is 14.5. The number of hydrogen-bond donors (Lipinski definition) is 3. The summed E-state index contributed by atoms with van der Waals surface area (Å²) in [6.45, 7) is 3.79. The van der Waals surface area contributed by atoms with Gasteiger partial charge in [0.05, 0.1) is 16.4 Å². The number of carboxylic acids is 1. The lowest BCUT2D eigenvalue weighted by atomic mass is 10.1. The minimum absolute atomic E-state index is 0.0630. The van der Waals surface area contributed by atoms with Gasteiger partial charge >= 0.3 is 5.97 Å². The fraction of sp³-hybridized carbons (Fsp3) is 0.125. The minimum Gasteiger partial charge on any atom is -0.478 e. The summed E-state index contributed by atoms with van der Waals surface area (Å²) in [5.74, 6) is -1.80. The van der Waals surface area contributed by atoms with Crippen molar-refractivity contribution in [3.05, 3.63) is 89.5 Å². The Morgan fingerprint density at radius 2 is 1.52 bits per heavy atom. The van der Waals surface area contributed by atoms with Crippen LogP contribution in [0.5, 0.6) is 0 Å². The van der Waals surface area contributed by atoms with Crippen LogP contribution in [0.1, 0.15) is 33.2 Å². The largest absolute Gasteiger partial charge is 0.478 e. The van der Waals surface area contributed by atoms with E-state index in [9.17, 15) is 19.5 Å². The Labute approximate surface area is 184 Å². The van der Waals surface area contributed by atoms with Gasteiger partial charge in [-0.2, -0.15) is 0 Å². The van der Waals surface area contributed by atoms with E-state index in [0.29, 0.717) is 5.69 Å². The molecule has 0 aromatic heterocycles. The molecule has 3 aromatic rings. The van der Waals surface area contributed by atoms with Crippen LogP contribution in [0.25, 0.3) is 0 Å². The number of aryl methyl sites for hydroxylation is 1. The van der Waals surface area contributed by atoms with E-state index >= 15 is 0 Å². The molecule has 0 aliphatic rings. The average Bonchev–Trinajstić information content (AvgIpc) is 2.75. The molecule has 1 unspecified atom stereocenters. The lowest BCUT2D eigenvalue weighted by Gasteiger charge is -2.13. The zero-order valence-electron chi connectivity index (χ0n) is 17.1. The van der Waals surface area contributed by atoms with Gasteiger partial charge in [0.15, 0.2) is 0 Å². The molecule has 0 fully saturated rings. The molecule has 0 aliphatic heterocycles. The summed E-state index contributed by atoms with van der Waals surface area (Å²) in [6, 6.07) is 20.7. The van der Waals surface area contributed by atoms with Crippen LogP contribution in [-0.4, -0.2) is 28.1 Å². The first-order valence-corrected chi connectivity index (χ1v) is 10.5. The van der Waals surface area contributed by atoms with E-state index in [2.05, 4.69) is 10.6 Å². The third-order valence-corrected chi connectivity index (χ3v) is 5.59. The number of thioether (sulfide) groups is 1. The van der Waals surface area contributed by atoms with Crippen molar-refractivity contribution < 1.29 is 19.5 Å². The van der Waals surface area contributed by atoms with Crippen LogP contribution in [-0.2, 0) is 4.79 Å². The molecule has 0 aliphatic carbocycles. The first-order chi connectivity index (χ1) is 14.8. The van der Waals surface area contributed by atoms with Crippen molar-refractivity contribution >= 4 is 40.9 Å². The smallest absolute Gasteiger partial charge is 0.336 e. The second-order valence-corrected chi connectivity index (χ2v) is 8.36. The molecule has 0 spiro atoms. The molecular weight excluding hydrogens is 412 g/mol. The van der Waals surface area contributed by atoms with Gasteiger partial charge < -0.3 is 15.7 Å². The van der Waals surface area contributed by atoms with Gasteiger partial charge in [0.25, 0.3) is 5.91 Å². The molecular formula is C24H22N2O4S. The van der Waals surface area contributed by atoms with Crippen LogP contribution in [0.15, 0.2) is 77.7 Å². The Morgan fingerprint density at radius 1 is 0.839 bits per heavy atom. The van der Waals surface area contributed by atoms with Gasteiger partial charge in [-0.1, -0.05) is 35.9 Å². The monoisotopic (exact) mass is 434 g/mol. The molecule has 0 saturated carbocycles. The van der Waals surface area contributed by atoms with Crippen LogP contribution >= 0.6 is 11.8 Å². The summed E-state index contributed by atoms with van der Waals surface area (Å²) < 4.78 is 0. The van der Waals surface area contributed by atoms with Gasteiger partial charge in [-0.15, -0.1) is 11.8 Å². The number of carbonyl (C=O) groups is 3. The highest BCUT2D eigenvalue weighted by Crippen LogP contribution is 2.27. The van der Waals surface area contributed by atoms with E-state index in [4.69, 9.17) is 0 Å². The summed E-state index contributed by atoms with van der Waals surface area (Å²) >= 11 is 1.36. The van der Waals surface area contributed by atoms with Crippen LogP contribution in [0.2, 0.25) is 0 Å². The molecule has 7 heteroatoms. The van der Waals surface area contributed by atoms with E-state index in [1.807, 2.05) is 44.2 Å². The quantitative estimate of drug-likeness (QED) is 0.452. The number of amides is 2. The van der Waals surface area contributed by atoms with Gasteiger partial charge in [0.1, 0.15) is 0 Å². The number of anilines is 2. The third-order valence-electron chi connectivity index (χ3n) is 4.50. The zero-order chi connectivity index (χ0) is 22.4. The summed E-state index contributed by atoms with van der Waals surface area (Å²) in [7, 11) is 0. The highest BCUT2D eigenvalue weighted by atomic mass is 32.2. The van der Waals surface area contributed by atoms with E-state index in [1.54, 1.807) is 30.3 Å². The number of aromatic carboxylic acids is 1. The van der Waals surface area contributed by atoms with E-state index < -0.39 is 11.9 Å². The highest BCUT2D eigenvalue weighted by molar-refractivity contribution is 8.00. The first-order valence-electron chi connectivity index (χ1n) is 9.61. The van der Waals surface area contributed by atoms with Crippen LogP contribution in [0.3, 0.4) is 0 Å². The van der Waals surface area contributed by atoms with Crippen molar-refractivity contribution in [2.24, 2.45) is 0 Å². The van der Waals surface area contributed by atoms with Crippen molar-refractivity contribution in [3.8, 4) is 0 Å². The van der Waals surface area contributed by atoms with Gasteiger partial charge in [-0.3, -0.25) is 9.59 Å². The molecule has 0 heterocycles. The number of carbonyl (C=O) groups excluding carboxylic acids is 2. The van der Waals surface area contributed by atoms with Crippen LogP contribution in [0, 0.1) is 6.92 Å². The third kappa shape index (κ3) is 5.96. The second kappa shape index (κ2) is 9.95. The molecule has 3 rings (SSSR count). The van der Waals surface area contributed by atoms with Crippen molar-refractivity contribution in [3.63, 3.8) is 0 Å². The molecule has 1 atom stereocenters. The van der Waals surface area contributed by atoms with Crippen molar-refractivity contribution in [1.82, 2.24) is 0 Å². The number of carboxylic acid groups (broad SMARTS) is 1. The van der Waals surface area contributed by atoms with Gasteiger partial charge in [0, 0.05) is 16.3 Å². The molecule has 158 valence electrons. The second-order valence-electron chi connectivity index (χ2n) is 6.95. The molecule has 0 radical (unpaired) electrons. The standard InChI is InChI=1S/C24H22N2O4S/c1-15-10-12-17(13-11-15)25-22(27)16(2)31-19-7-5-6-18(14-19)26-23(28)20-8-3-4-9-21(20)24(29)30/h3-14,16H,1-2H3,(H,25,27)(H,26,28)(H,29,30). The topological polar surface area (TPSA) is 95.5 Å². The predicted molar refractivity (Wildman–Crippen MR) is 123 cm³/mol. The van der Waals surface area contributed by atoms with Gasteiger partial charge in [-0.05, 0) is 56.3 Å². The number of hydrogen-bond acceptors (Lipinski definition) is 4. The Hall–Kier alpha value is -3.58. The maximum atomic E-state index is 12.6. The normalized spacial score (nSPS) is 11.4. The van der Waals surface area contributed by atoms with Crippen LogP contribution in [0.4, 0.5) is 11.4 Å². The molecule has 3 N–H and O–H groups in total. The number of benzene rings is 3. The molecule has 31 heavy (non-hydrogen) atoms. The Bertz CT molecular complexity index is 1110. The number of rotatable bonds is 7. The number of nitrogens with one attached hydrogen (secondary N) is 2. The first kappa shape index (κ1) is 22.1. The van der Waals surface area contributed by atoms with Crippen molar-refractivity contribution in [2.75, 3.05) is 10.6 Å². The summed E-state index contributed by atoms with van der Waals surface area (Å²) in [5.41, 5.74) is 2.39. The lowest BCUT2D eigenvalue weighted by molar-refractivity contribution is -0.115. The predicted octanol–water partition coefficient (Wildman–Crippen LogP) is 5.06. The highest BCUT2D eigenvalue weighted by Gasteiger charge is 2.17. The summed E-state index contributed by atoms with van der Waals surface area (Å²) in [4.78, 5) is 37.2. The van der Waals surface area contributed by atoms with Crippen molar-refractivity contribution in [2.45, 2.75) is 24.0 Å². The zero-order valence-corrected chi connectivity index (χ0v) is 17.9. The van der Waals surface area contributed by atoms with E-state index in [1.165, 1.54) is 23.9 Å². The Morgan fingerprint density at radius 3 is 2.19 bits per heavy atom. The Balaban J connectivity index is 1.66. The molecule has 6 nitrogen and oxygen atoms in total. The fourth-order valence-electron chi connectivity index (χ4n) is 2.85. The molecule has 0 saturated heterocycles. The van der Waals surface area contributed by atoms with Gasteiger partial charge in [0.2, 0.25) is 5.91 Å². The van der Waals surface area contributed by atoms with Crippen molar-refractivity contribution in [1.29, 1.82) is 0 Å². The van der Waals surface area contributed by atoms with Crippen LogP contribution < -0.4 is 10.6 Å². The van der Waals surface area contributed by atoms with E-state index in [-0.39, 0.29) is 22.3 Å². The van der Waals surface area contributed by atoms with E-state index in [0.717, 1.165) is 16.1 Å².